The fraction of sp³-hybridized carbons (Fsp3) is 0.571. The lowest BCUT2D eigenvalue weighted by atomic mass is 10.1. The number of nitrogens with zero attached hydrogens (tertiary/aromatic N) is 2. The van der Waals surface area contributed by atoms with Crippen LogP contribution in [-0.4, -0.2) is 41.5 Å². The van der Waals surface area contributed by atoms with Gasteiger partial charge in [0.15, 0.2) is 0 Å². The zero-order valence-corrected chi connectivity index (χ0v) is 10.9. The highest BCUT2D eigenvalue weighted by molar-refractivity contribution is 5.78. The van der Waals surface area contributed by atoms with E-state index in [1.165, 1.54) is 12.8 Å². The Bertz CT molecular complexity index is 374. The molecule has 1 saturated heterocycles. The maximum Gasteiger partial charge on any atom is 0.227 e. The van der Waals surface area contributed by atoms with Crippen LogP contribution in [0.15, 0.2) is 24.5 Å². The Balaban J connectivity index is 1.88. The molecule has 4 heteroatoms. The summed E-state index contributed by atoms with van der Waals surface area (Å²) in [5.41, 5.74) is 1.04. The van der Waals surface area contributed by atoms with Crippen LogP contribution in [0, 0.1) is 0 Å². The molecule has 0 aromatic carbocycles. The van der Waals surface area contributed by atoms with Crippen LogP contribution < -0.4 is 5.32 Å². The van der Waals surface area contributed by atoms with E-state index in [1.807, 2.05) is 24.0 Å². The van der Waals surface area contributed by atoms with Crippen LogP contribution in [0.4, 0.5) is 0 Å². The van der Waals surface area contributed by atoms with Crippen LogP contribution in [0.25, 0.3) is 0 Å². The standard InChI is InChI=1S/C14H21N3O/c1-2-17(11-13-4-3-7-16-13)14(18)10-12-5-8-15-9-6-12/h5-6,8-9,13,16H,2-4,7,10-11H2,1H3. The number of hydrogen-bond donors (Lipinski definition) is 1. The van der Waals surface area contributed by atoms with Crippen molar-refractivity contribution in [3.8, 4) is 0 Å². The molecular formula is C14H21N3O. The SMILES string of the molecule is CCN(CC1CCCN1)C(=O)Cc1ccncc1. The van der Waals surface area contributed by atoms with Gasteiger partial charge in [-0.3, -0.25) is 9.78 Å². The molecule has 1 aliphatic rings. The van der Waals surface area contributed by atoms with Crippen molar-refractivity contribution in [3.05, 3.63) is 30.1 Å². The second-order valence-electron chi connectivity index (χ2n) is 4.76. The molecule has 2 rings (SSSR count). The lowest BCUT2D eigenvalue weighted by molar-refractivity contribution is -0.130. The fourth-order valence-electron chi connectivity index (χ4n) is 2.37. The summed E-state index contributed by atoms with van der Waals surface area (Å²) in [5.74, 6) is 0.206. The molecule has 4 nitrogen and oxygen atoms in total. The highest BCUT2D eigenvalue weighted by Gasteiger charge is 2.20. The third-order valence-corrected chi connectivity index (χ3v) is 3.44. The van der Waals surface area contributed by atoms with Gasteiger partial charge in [-0.1, -0.05) is 0 Å². The van der Waals surface area contributed by atoms with E-state index >= 15 is 0 Å². The van der Waals surface area contributed by atoms with Crippen LogP contribution in [-0.2, 0) is 11.2 Å². The van der Waals surface area contributed by atoms with Crippen molar-refractivity contribution in [2.24, 2.45) is 0 Å². The number of rotatable bonds is 5. The Kier molecular flexibility index (Phi) is 4.70. The first-order chi connectivity index (χ1) is 8.79. The molecule has 18 heavy (non-hydrogen) atoms. The summed E-state index contributed by atoms with van der Waals surface area (Å²) >= 11 is 0. The predicted octanol–water partition coefficient (Wildman–Crippen LogP) is 1.22. The molecule has 1 aromatic heterocycles. The third kappa shape index (κ3) is 3.53. The molecule has 1 aromatic rings. The molecule has 1 N–H and O–H groups in total. The van der Waals surface area contributed by atoms with Crippen LogP contribution in [0.3, 0.4) is 0 Å². The second-order valence-corrected chi connectivity index (χ2v) is 4.76. The minimum atomic E-state index is 0.206. The molecule has 0 bridgehead atoms. The summed E-state index contributed by atoms with van der Waals surface area (Å²) in [6.45, 7) is 4.74. The quantitative estimate of drug-likeness (QED) is 0.851. The molecule has 0 aliphatic carbocycles. The van der Waals surface area contributed by atoms with Crippen molar-refractivity contribution >= 4 is 5.91 Å². The van der Waals surface area contributed by atoms with Crippen LogP contribution >= 0.6 is 0 Å². The highest BCUT2D eigenvalue weighted by Crippen LogP contribution is 2.08. The predicted molar refractivity (Wildman–Crippen MR) is 71.2 cm³/mol. The Morgan fingerprint density at radius 1 is 1.50 bits per heavy atom. The summed E-state index contributed by atoms with van der Waals surface area (Å²) < 4.78 is 0. The summed E-state index contributed by atoms with van der Waals surface area (Å²) in [5, 5.41) is 3.44. The summed E-state index contributed by atoms with van der Waals surface area (Å²) in [6.07, 6.45) is 6.34. The minimum Gasteiger partial charge on any atom is -0.341 e. The monoisotopic (exact) mass is 247 g/mol. The maximum absolute atomic E-state index is 12.2. The normalized spacial score (nSPS) is 18.8. The first kappa shape index (κ1) is 13.0. The van der Waals surface area contributed by atoms with Gasteiger partial charge >= 0.3 is 0 Å². The van der Waals surface area contributed by atoms with E-state index in [-0.39, 0.29) is 5.91 Å². The topological polar surface area (TPSA) is 45.2 Å². The van der Waals surface area contributed by atoms with E-state index in [2.05, 4.69) is 10.3 Å². The van der Waals surface area contributed by atoms with Crippen molar-refractivity contribution in [1.82, 2.24) is 15.2 Å². The molecular weight excluding hydrogens is 226 g/mol. The fourth-order valence-corrected chi connectivity index (χ4v) is 2.37. The van der Waals surface area contributed by atoms with Crippen molar-refractivity contribution < 1.29 is 4.79 Å². The molecule has 0 radical (unpaired) electrons. The summed E-state index contributed by atoms with van der Waals surface area (Å²) in [7, 11) is 0. The van der Waals surface area contributed by atoms with E-state index in [0.29, 0.717) is 12.5 Å². The first-order valence-electron chi connectivity index (χ1n) is 6.69. The molecule has 98 valence electrons. The Labute approximate surface area is 108 Å². The number of carbonyl (C=O) groups excluding carboxylic acids is 1. The molecule has 1 fully saturated rings. The van der Waals surface area contributed by atoms with Gasteiger partial charge in [0.1, 0.15) is 0 Å². The van der Waals surface area contributed by atoms with Gasteiger partial charge in [-0.25, -0.2) is 0 Å². The molecule has 1 atom stereocenters. The number of likely N-dealkylation sites (N-methyl/N-ethyl adjacent to an activating group) is 1. The number of carbonyl (C=O) groups is 1. The van der Waals surface area contributed by atoms with Gasteiger partial charge in [-0.2, -0.15) is 0 Å². The highest BCUT2D eigenvalue weighted by atomic mass is 16.2. The average molecular weight is 247 g/mol. The Morgan fingerprint density at radius 2 is 2.28 bits per heavy atom. The van der Waals surface area contributed by atoms with Crippen LogP contribution in [0.1, 0.15) is 25.3 Å². The number of aromatic nitrogens is 1. The Hall–Kier alpha value is -1.42. The Morgan fingerprint density at radius 3 is 2.89 bits per heavy atom. The zero-order chi connectivity index (χ0) is 12.8. The largest absolute Gasteiger partial charge is 0.341 e. The van der Waals surface area contributed by atoms with E-state index in [0.717, 1.165) is 25.2 Å². The molecule has 2 heterocycles. The van der Waals surface area contributed by atoms with Crippen LogP contribution in [0.2, 0.25) is 0 Å². The number of amides is 1. The lowest BCUT2D eigenvalue weighted by Crippen LogP contribution is -2.41. The molecule has 1 aliphatic heterocycles. The molecule has 0 spiro atoms. The molecule has 1 unspecified atom stereocenters. The smallest absolute Gasteiger partial charge is 0.227 e. The summed E-state index contributed by atoms with van der Waals surface area (Å²) in [4.78, 5) is 18.1. The van der Waals surface area contributed by atoms with E-state index in [9.17, 15) is 4.79 Å². The van der Waals surface area contributed by atoms with Gasteiger partial charge in [0.2, 0.25) is 5.91 Å². The average Bonchev–Trinajstić information content (AvgIpc) is 2.90. The van der Waals surface area contributed by atoms with Gasteiger partial charge in [0.25, 0.3) is 0 Å². The molecule has 1 amide bonds. The van der Waals surface area contributed by atoms with Crippen molar-refractivity contribution in [3.63, 3.8) is 0 Å². The van der Waals surface area contributed by atoms with Crippen molar-refractivity contribution in [2.45, 2.75) is 32.2 Å². The van der Waals surface area contributed by atoms with E-state index in [1.54, 1.807) is 12.4 Å². The van der Waals surface area contributed by atoms with Gasteiger partial charge in [0.05, 0.1) is 6.42 Å². The van der Waals surface area contributed by atoms with E-state index in [4.69, 9.17) is 0 Å². The van der Waals surface area contributed by atoms with E-state index < -0.39 is 0 Å². The summed E-state index contributed by atoms with van der Waals surface area (Å²) in [6, 6.07) is 4.28. The van der Waals surface area contributed by atoms with Crippen LogP contribution in [0.5, 0.6) is 0 Å². The third-order valence-electron chi connectivity index (χ3n) is 3.44. The zero-order valence-electron chi connectivity index (χ0n) is 10.9. The first-order valence-corrected chi connectivity index (χ1v) is 6.69. The van der Waals surface area contributed by atoms with Crippen molar-refractivity contribution in [1.29, 1.82) is 0 Å². The van der Waals surface area contributed by atoms with Gasteiger partial charge in [0, 0.05) is 31.5 Å². The van der Waals surface area contributed by atoms with Gasteiger partial charge in [-0.15, -0.1) is 0 Å². The lowest BCUT2D eigenvalue weighted by Gasteiger charge is -2.24. The number of pyridine rings is 1. The molecule has 0 saturated carbocycles. The van der Waals surface area contributed by atoms with Gasteiger partial charge in [-0.05, 0) is 44.0 Å². The minimum absolute atomic E-state index is 0.206. The van der Waals surface area contributed by atoms with Gasteiger partial charge < -0.3 is 10.2 Å². The second kappa shape index (κ2) is 6.50. The van der Waals surface area contributed by atoms with Crippen molar-refractivity contribution in [2.75, 3.05) is 19.6 Å². The maximum atomic E-state index is 12.2. The number of nitrogens with one attached hydrogen (secondary N) is 1. The number of hydrogen-bond acceptors (Lipinski definition) is 3.